The maximum absolute atomic E-state index is 7.29. The molecule has 3 aromatic rings. The van der Waals surface area contributed by atoms with E-state index in [0.29, 0.717) is 22.5 Å². The molecule has 5 rings (SSSR count). The molecule has 8 nitrogen and oxygen atoms in total. The number of rotatable bonds is 5. The largest absolute Gasteiger partial charge is 0.407 e. The van der Waals surface area contributed by atoms with Gasteiger partial charge in [0, 0.05) is 10.1 Å². The Morgan fingerprint density at radius 2 is 1.63 bits per heavy atom. The second-order valence-corrected chi connectivity index (χ2v) is 25.6. The Labute approximate surface area is 267 Å². The van der Waals surface area contributed by atoms with E-state index in [9.17, 15) is 0 Å². The van der Waals surface area contributed by atoms with Crippen LogP contribution in [-0.4, -0.2) is 61.3 Å². The van der Waals surface area contributed by atoms with E-state index < -0.39 is 23.1 Å². The first-order valence-electron chi connectivity index (χ1n) is 15.1. The van der Waals surface area contributed by atoms with Crippen molar-refractivity contribution in [2.75, 3.05) is 6.61 Å². The van der Waals surface area contributed by atoms with Crippen molar-refractivity contribution in [2.45, 2.75) is 115 Å². The first-order valence-corrected chi connectivity index (χ1v) is 20.6. The number of fused-ring (bicyclic) bond motifs is 2. The van der Waals surface area contributed by atoms with Crippen LogP contribution in [0.1, 0.15) is 79.8 Å². The normalized spacial score (nSPS) is 25.0. The number of hydrogen-bond acceptors (Lipinski definition) is 7. The molecule has 0 bridgehead atoms. The number of ether oxygens (including phenoxy) is 1. The van der Waals surface area contributed by atoms with Gasteiger partial charge in [0.2, 0.25) is 0 Å². The molecule has 11 heteroatoms. The van der Waals surface area contributed by atoms with Crippen LogP contribution < -0.4 is 0 Å². The highest BCUT2D eigenvalue weighted by Crippen LogP contribution is 2.57. The Morgan fingerprint density at radius 1 is 0.977 bits per heavy atom. The first-order chi connectivity index (χ1) is 19.9. The van der Waals surface area contributed by atoms with Crippen LogP contribution in [0.4, 0.5) is 0 Å². The van der Waals surface area contributed by atoms with Crippen LogP contribution in [0.25, 0.3) is 23.3 Å². The molecule has 2 aromatic heterocycles. The van der Waals surface area contributed by atoms with Gasteiger partial charge < -0.3 is 18.0 Å². The van der Waals surface area contributed by atoms with Crippen LogP contribution in [0.2, 0.25) is 28.2 Å². The highest BCUT2D eigenvalue weighted by Gasteiger charge is 2.66. The van der Waals surface area contributed by atoms with Gasteiger partial charge in [-0.25, -0.2) is 15.0 Å². The van der Waals surface area contributed by atoms with E-state index in [-0.39, 0.29) is 33.4 Å². The molecule has 0 amide bonds. The van der Waals surface area contributed by atoms with Gasteiger partial charge in [-0.15, -0.1) is 0 Å². The van der Waals surface area contributed by atoms with Crippen molar-refractivity contribution in [3.05, 3.63) is 52.7 Å². The van der Waals surface area contributed by atoms with Crippen molar-refractivity contribution in [1.29, 1.82) is 0 Å². The van der Waals surface area contributed by atoms with Crippen LogP contribution in [-0.2, 0) is 18.0 Å². The second-order valence-electron chi connectivity index (χ2n) is 15.3. The summed E-state index contributed by atoms with van der Waals surface area (Å²) in [6.07, 6.45) is 4.13. The van der Waals surface area contributed by atoms with Gasteiger partial charge in [0.15, 0.2) is 24.9 Å². The van der Waals surface area contributed by atoms with Gasteiger partial charge in [-0.3, -0.25) is 4.57 Å². The average Bonchev–Trinajstić information content (AvgIpc) is 3.41. The molecule has 43 heavy (non-hydrogen) atoms. The molecule has 234 valence electrons. The third-order valence-electron chi connectivity index (χ3n) is 9.20. The molecule has 0 aliphatic carbocycles. The van der Waals surface area contributed by atoms with Gasteiger partial charge in [-0.05, 0) is 45.7 Å². The molecular formula is C32H47BrN4O4Si2. The Kier molecular flexibility index (Phi) is 8.55. The standard InChI is InChI=1S/C32H47BrN4O4Si2/c1-30(2,3)42(10,11)40-26-25-23(19-38-43(41-25,31(4,5)6)32(7,8)9)39-28(26)37-27-24(36-29(37)33)22(34-20-35-27)18-17-21-15-13-12-14-16-21/h12-18,20,23,25-26,28H,19H2,1-11H3/t23-,25-,26-,28-/m1/s1. The predicted octanol–water partition coefficient (Wildman–Crippen LogP) is 8.50. The molecule has 4 atom stereocenters. The summed E-state index contributed by atoms with van der Waals surface area (Å²) < 4.78 is 30.8. The minimum Gasteiger partial charge on any atom is -0.407 e. The summed E-state index contributed by atoms with van der Waals surface area (Å²) in [5, 5.41) is -0.328. The summed E-state index contributed by atoms with van der Waals surface area (Å²) in [4.78, 5) is 14.2. The van der Waals surface area contributed by atoms with Gasteiger partial charge in [-0.1, -0.05) is 98.7 Å². The third-order valence-corrected chi connectivity index (χ3v) is 19.4. The van der Waals surface area contributed by atoms with Gasteiger partial charge >= 0.3 is 8.56 Å². The molecule has 0 N–H and O–H groups in total. The molecule has 0 saturated carbocycles. The number of halogens is 1. The smallest absolute Gasteiger partial charge is 0.349 e. The number of benzene rings is 1. The van der Waals surface area contributed by atoms with E-state index in [1.165, 1.54) is 0 Å². The fourth-order valence-corrected chi connectivity index (χ4v) is 12.9. The first kappa shape index (κ1) is 32.7. The van der Waals surface area contributed by atoms with Crippen LogP contribution in [0.3, 0.4) is 0 Å². The highest BCUT2D eigenvalue weighted by atomic mass is 79.9. The number of imidazole rings is 1. The number of aromatic nitrogens is 4. The lowest BCUT2D eigenvalue weighted by Crippen LogP contribution is -2.66. The van der Waals surface area contributed by atoms with Crippen LogP contribution in [0.15, 0.2) is 41.4 Å². The maximum Gasteiger partial charge on any atom is 0.349 e. The fraction of sp³-hybridized carbons (Fsp3) is 0.594. The molecule has 2 fully saturated rings. The van der Waals surface area contributed by atoms with Crippen molar-refractivity contribution in [2.24, 2.45) is 0 Å². The molecule has 1 aromatic carbocycles. The Hall–Kier alpha value is -1.74. The summed E-state index contributed by atoms with van der Waals surface area (Å²) in [5.41, 5.74) is 3.19. The Balaban J connectivity index is 1.60. The molecule has 2 saturated heterocycles. The lowest BCUT2D eigenvalue weighted by atomic mass is 10.1. The Morgan fingerprint density at radius 3 is 2.23 bits per heavy atom. The fourth-order valence-electron chi connectivity index (χ4n) is 6.16. The van der Waals surface area contributed by atoms with E-state index in [0.717, 1.165) is 11.3 Å². The third kappa shape index (κ3) is 5.86. The lowest BCUT2D eigenvalue weighted by Gasteiger charge is -2.54. The van der Waals surface area contributed by atoms with Crippen molar-refractivity contribution < 1.29 is 18.0 Å². The Bertz CT molecular complexity index is 1480. The zero-order chi connectivity index (χ0) is 31.6. The molecular weight excluding hydrogens is 640 g/mol. The second kappa shape index (κ2) is 11.3. The predicted molar refractivity (Wildman–Crippen MR) is 180 cm³/mol. The van der Waals surface area contributed by atoms with Gasteiger partial charge in [-0.2, -0.15) is 0 Å². The highest BCUT2D eigenvalue weighted by molar-refractivity contribution is 9.10. The van der Waals surface area contributed by atoms with E-state index in [4.69, 9.17) is 28.0 Å². The zero-order valence-electron chi connectivity index (χ0n) is 27.4. The van der Waals surface area contributed by atoms with Gasteiger partial charge in [0.05, 0.1) is 12.3 Å². The molecule has 0 unspecified atom stereocenters. The zero-order valence-corrected chi connectivity index (χ0v) is 31.0. The van der Waals surface area contributed by atoms with Crippen LogP contribution >= 0.6 is 15.9 Å². The minimum absolute atomic E-state index is 0.00478. The summed E-state index contributed by atoms with van der Waals surface area (Å²) >= 11 is 3.75. The van der Waals surface area contributed by atoms with Crippen LogP contribution in [0, 0.1) is 0 Å². The molecule has 2 aliphatic heterocycles. The van der Waals surface area contributed by atoms with Gasteiger partial charge in [0.25, 0.3) is 0 Å². The number of nitrogens with zero attached hydrogens (tertiary/aromatic N) is 4. The maximum atomic E-state index is 7.29. The summed E-state index contributed by atoms with van der Waals surface area (Å²) in [6, 6.07) is 10.2. The van der Waals surface area contributed by atoms with Crippen molar-refractivity contribution >= 4 is 56.1 Å². The average molecular weight is 688 g/mol. The van der Waals surface area contributed by atoms with Crippen molar-refractivity contribution in [3.63, 3.8) is 0 Å². The number of hydrogen-bond donors (Lipinski definition) is 0. The lowest BCUT2D eigenvalue weighted by molar-refractivity contribution is -0.0798. The summed E-state index contributed by atoms with van der Waals surface area (Å²) in [7, 11) is -5.05. The topological polar surface area (TPSA) is 80.5 Å². The molecule has 4 heterocycles. The van der Waals surface area contributed by atoms with Crippen molar-refractivity contribution in [3.8, 4) is 0 Å². The van der Waals surface area contributed by atoms with E-state index >= 15 is 0 Å². The molecule has 0 spiro atoms. The SMILES string of the molecule is CC(C)(C)[Si](C)(C)O[C@@H]1[C@@H]2O[Si](C(C)(C)C)(C(C)(C)C)OC[C@H]2O[C@H]1n1c(Br)nc2c(C=Cc3ccccc3)ncnc21. The molecule has 0 radical (unpaired) electrons. The summed E-state index contributed by atoms with van der Waals surface area (Å²) in [5.74, 6) is 0. The monoisotopic (exact) mass is 686 g/mol. The van der Waals surface area contributed by atoms with E-state index in [1.807, 2.05) is 34.9 Å². The van der Waals surface area contributed by atoms with Crippen LogP contribution in [0.5, 0.6) is 0 Å². The van der Waals surface area contributed by atoms with Crippen molar-refractivity contribution in [1.82, 2.24) is 19.5 Å². The summed E-state index contributed by atoms with van der Waals surface area (Å²) in [6.45, 7) is 25.2. The van der Waals surface area contributed by atoms with E-state index in [1.54, 1.807) is 6.33 Å². The quantitative estimate of drug-likeness (QED) is 0.197. The van der Waals surface area contributed by atoms with Gasteiger partial charge in [0.1, 0.15) is 30.2 Å². The minimum atomic E-state index is -2.78. The molecule has 2 aliphatic rings. The van der Waals surface area contributed by atoms with E-state index in [2.05, 4.69) is 108 Å².